The Balaban J connectivity index is 2.53. The minimum absolute atomic E-state index is 0.0748. The number of hydrogen-bond donors (Lipinski definition) is 6. The number of nitrogens with one attached hydrogen (secondary N) is 2. The Morgan fingerprint density at radius 1 is 1.26 bits per heavy atom. The van der Waals surface area contributed by atoms with Crippen LogP contribution in [0.15, 0.2) is 18.6 Å². The summed E-state index contributed by atoms with van der Waals surface area (Å²) in [5.41, 5.74) is 0.0748. The molecular weight excluding hydrogens is 506 g/mol. The van der Waals surface area contributed by atoms with Crippen molar-refractivity contribution in [3.63, 3.8) is 0 Å². The lowest BCUT2D eigenvalue weighted by molar-refractivity contribution is -0.146. The van der Waals surface area contributed by atoms with Gasteiger partial charge in [-0.25, -0.2) is 4.98 Å². The van der Waals surface area contributed by atoms with Gasteiger partial charge in [0.2, 0.25) is 19.4 Å². The summed E-state index contributed by atoms with van der Waals surface area (Å²) < 4.78 is 21.0. The van der Waals surface area contributed by atoms with E-state index in [4.69, 9.17) is 4.74 Å². The average Bonchev–Trinajstić information content (AvgIpc) is 2.80. The van der Waals surface area contributed by atoms with E-state index in [0.717, 1.165) is 7.11 Å². The van der Waals surface area contributed by atoms with Gasteiger partial charge in [-0.05, 0) is 25.2 Å². The maximum Gasteiger partial charge on any atom is 0.368 e. The predicted octanol–water partition coefficient (Wildman–Crippen LogP) is 0.225. The summed E-state index contributed by atoms with van der Waals surface area (Å²) in [6, 6.07) is -0.291. The second-order valence-electron chi connectivity index (χ2n) is 7.97. The Morgan fingerprint density at radius 2 is 1.94 bits per heavy atom. The molecule has 1 rings (SSSR count). The Morgan fingerprint density at radius 3 is 2.49 bits per heavy atom. The summed E-state index contributed by atoms with van der Waals surface area (Å²) in [6.07, 6.45) is 4.19. The zero-order valence-electron chi connectivity index (χ0n) is 19.7. The highest BCUT2D eigenvalue weighted by molar-refractivity contribution is 7.69. The topological polar surface area (TPSA) is 218 Å². The third-order valence-corrected chi connectivity index (χ3v) is 8.34. The summed E-state index contributed by atoms with van der Waals surface area (Å²) in [6.45, 7) is 3.49. The van der Waals surface area contributed by atoms with Gasteiger partial charge in [0, 0.05) is 25.5 Å². The molecule has 35 heavy (non-hydrogen) atoms. The maximum absolute atomic E-state index is 12.3. The highest BCUT2D eigenvalue weighted by Gasteiger charge is 2.55. The zero-order chi connectivity index (χ0) is 26.6. The number of aliphatic hydroxyl groups is 1. The van der Waals surface area contributed by atoms with E-state index in [1.54, 1.807) is 0 Å². The molecule has 14 nitrogen and oxygen atoms in total. The largest absolute Gasteiger partial charge is 0.466 e. The van der Waals surface area contributed by atoms with E-state index < -0.39 is 45.3 Å². The molecule has 0 aliphatic rings. The van der Waals surface area contributed by atoms with Crippen LogP contribution in [0, 0.1) is 5.92 Å². The fraction of sp³-hybridized carbons (Fsp3) is 0.632. The van der Waals surface area contributed by atoms with Crippen molar-refractivity contribution in [1.82, 2.24) is 20.6 Å². The van der Waals surface area contributed by atoms with Crippen LogP contribution in [-0.4, -0.2) is 78.9 Å². The zero-order valence-corrected chi connectivity index (χ0v) is 21.4. The van der Waals surface area contributed by atoms with Gasteiger partial charge in [-0.1, -0.05) is 13.8 Å². The lowest BCUT2D eigenvalue weighted by Gasteiger charge is -2.30. The molecule has 198 valence electrons. The molecule has 3 atom stereocenters. The van der Waals surface area contributed by atoms with E-state index in [1.807, 2.05) is 13.8 Å². The van der Waals surface area contributed by atoms with Crippen molar-refractivity contribution in [1.29, 1.82) is 0 Å². The van der Waals surface area contributed by atoms with Gasteiger partial charge in [0.25, 0.3) is 5.91 Å². The minimum atomic E-state index is -4.93. The van der Waals surface area contributed by atoms with Crippen LogP contribution in [-0.2, 0) is 23.4 Å². The number of ether oxygens (including phenoxy) is 1. The molecule has 16 heteroatoms. The van der Waals surface area contributed by atoms with Crippen LogP contribution in [0.1, 0.15) is 50.0 Å². The monoisotopic (exact) mass is 538 g/mol. The predicted molar refractivity (Wildman–Crippen MR) is 124 cm³/mol. The molecule has 0 spiro atoms. The first-order valence-electron chi connectivity index (χ1n) is 10.6. The van der Waals surface area contributed by atoms with E-state index >= 15 is 0 Å². The molecule has 0 saturated carbocycles. The van der Waals surface area contributed by atoms with Gasteiger partial charge in [-0.2, -0.15) is 0 Å². The molecule has 1 aromatic rings. The number of carbonyl (C=O) groups is 3. The van der Waals surface area contributed by atoms with E-state index in [-0.39, 0.29) is 30.8 Å². The Labute approximate surface area is 203 Å². The van der Waals surface area contributed by atoms with E-state index in [9.17, 15) is 38.7 Å². The summed E-state index contributed by atoms with van der Waals surface area (Å²) >= 11 is 0. The van der Waals surface area contributed by atoms with Crippen molar-refractivity contribution in [3.05, 3.63) is 24.3 Å². The molecule has 1 aromatic heterocycles. The smallest absolute Gasteiger partial charge is 0.368 e. The third kappa shape index (κ3) is 10.2. The molecular formula is C19H32N4O10P2. The lowest BCUT2D eigenvalue weighted by Crippen LogP contribution is -2.42. The number of rotatable bonds is 15. The summed E-state index contributed by atoms with van der Waals surface area (Å²) in [5, 5.41) is 12.3. The molecule has 0 saturated heterocycles. The Hall–Kier alpha value is -2.05. The van der Waals surface area contributed by atoms with Crippen molar-refractivity contribution < 1.29 is 48.0 Å². The highest BCUT2D eigenvalue weighted by atomic mass is 31.2. The van der Waals surface area contributed by atoms with Gasteiger partial charge in [0.15, 0.2) is 0 Å². The average molecular weight is 538 g/mol. The van der Waals surface area contributed by atoms with Crippen molar-refractivity contribution in [2.45, 2.75) is 50.7 Å². The molecule has 3 unspecified atom stereocenters. The van der Waals surface area contributed by atoms with Crippen LogP contribution >= 0.6 is 16.0 Å². The van der Waals surface area contributed by atoms with Crippen molar-refractivity contribution in [2.75, 3.05) is 20.3 Å². The first kappa shape index (κ1) is 31.0. The highest BCUT2D eigenvalue weighted by Crippen LogP contribution is 2.67. The van der Waals surface area contributed by atoms with Crippen LogP contribution in [0.4, 0.5) is 0 Å². The van der Waals surface area contributed by atoms with Gasteiger partial charge in [0.1, 0.15) is 5.69 Å². The Bertz CT molecular complexity index is 890. The van der Waals surface area contributed by atoms with E-state index in [0.29, 0.717) is 19.3 Å². The molecule has 0 aromatic carbocycles. The van der Waals surface area contributed by atoms with Crippen LogP contribution in [0.2, 0.25) is 0 Å². The number of amides is 2. The molecule has 1 heterocycles. The van der Waals surface area contributed by atoms with Crippen molar-refractivity contribution in [3.8, 4) is 0 Å². The molecule has 2 amide bonds. The molecule has 0 fully saturated rings. The first-order valence-corrected chi connectivity index (χ1v) is 13.4. The third-order valence-electron chi connectivity index (χ3n) is 4.69. The molecule has 0 aliphatic heterocycles. The number of carbonyl (C=O) groups excluding carboxylic acids is 3. The fourth-order valence-electron chi connectivity index (χ4n) is 2.95. The summed E-state index contributed by atoms with van der Waals surface area (Å²) in [5.74, 6) is -1.87. The SMILES string of the molecule is COP(=O)(O)C(O)(CC(=O)OCCCC(CC(C)C)NC(=O)CNC(=O)c1cnccn1)P(O)O. The van der Waals surface area contributed by atoms with Crippen molar-refractivity contribution >= 4 is 33.8 Å². The summed E-state index contributed by atoms with van der Waals surface area (Å²) in [4.78, 5) is 72.1. The van der Waals surface area contributed by atoms with Gasteiger partial charge < -0.3 is 39.7 Å². The Kier molecular flexibility index (Phi) is 12.8. The lowest BCUT2D eigenvalue weighted by atomic mass is 10.00. The standard InChI is InChI=1S/C19H32N4O10P2/c1-13(2)9-14(23-16(24)12-22-18(26)15-11-20-6-7-21-15)5-4-8-33-17(25)10-19(27,34(28)29)35(30,31)32-3/h6-7,11,13-14,27-29H,4-5,8-10,12H2,1-3H3,(H,22,26)(H,23,24)(H,30,31). The van der Waals surface area contributed by atoms with Crippen molar-refractivity contribution in [2.24, 2.45) is 5.92 Å². The van der Waals surface area contributed by atoms with Gasteiger partial charge in [0.05, 0.1) is 25.8 Å². The van der Waals surface area contributed by atoms with Crippen LogP contribution in [0.25, 0.3) is 0 Å². The fourth-order valence-corrected chi connectivity index (χ4v) is 5.00. The molecule has 0 bridgehead atoms. The van der Waals surface area contributed by atoms with Crippen LogP contribution < -0.4 is 10.6 Å². The number of esters is 1. The first-order chi connectivity index (χ1) is 16.3. The number of nitrogens with zero attached hydrogens (tertiary/aromatic N) is 2. The van der Waals surface area contributed by atoms with E-state index in [2.05, 4.69) is 25.1 Å². The second-order valence-corrected chi connectivity index (χ2v) is 11.8. The van der Waals surface area contributed by atoms with Crippen LogP contribution in [0.5, 0.6) is 0 Å². The molecule has 0 aliphatic carbocycles. The minimum Gasteiger partial charge on any atom is -0.466 e. The number of hydrogen-bond acceptors (Lipinski definition) is 11. The molecule has 0 radical (unpaired) electrons. The number of aromatic nitrogens is 2. The van der Waals surface area contributed by atoms with Crippen LogP contribution in [0.3, 0.4) is 0 Å². The summed E-state index contributed by atoms with van der Waals surface area (Å²) in [7, 11) is -7.56. The quantitative estimate of drug-likeness (QED) is 0.100. The van der Waals surface area contributed by atoms with E-state index in [1.165, 1.54) is 18.6 Å². The van der Waals surface area contributed by atoms with Gasteiger partial charge in [-0.3, -0.25) is 23.9 Å². The van der Waals surface area contributed by atoms with Gasteiger partial charge >= 0.3 is 13.6 Å². The van der Waals surface area contributed by atoms with Gasteiger partial charge in [-0.15, -0.1) is 0 Å². The maximum atomic E-state index is 12.3. The normalized spacial score (nSPS) is 15.7. The molecule has 6 N–H and O–H groups in total. The second kappa shape index (κ2) is 14.5.